The monoisotopic (exact) mass is 345 g/mol. The third-order valence-electron chi connectivity index (χ3n) is 3.74. The highest BCUT2D eigenvalue weighted by Gasteiger charge is 2.27. The zero-order valence-electron chi connectivity index (χ0n) is 13.4. The van der Waals surface area contributed by atoms with Crippen molar-refractivity contribution in [3.8, 4) is 0 Å². The summed E-state index contributed by atoms with van der Waals surface area (Å²) in [5.41, 5.74) is 2.53. The highest BCUT2D eigenvalue weighted by atomic mass is 32.2. The number of anilines is 1. The summed E-state index contributed by atoms with van der Waals surface area (Å²) in [5, 5.41) is 3.11. The molecule has 24 heavy (non-hydrogen) atoms. The first-order valence-corrected chi connectivity index (χ1v) is 8.74. The van der Waals surface area contributed by atoms with Crippen LogP contribution in [-0.2, 0) is 20.3 Å². The predicted octanol–water partition coefficient (Wildman–Crippen LogP) is 3.32. The van der Waals surface area contributed by atoms with Crippen LogP contribution in [0.4, 0.5) is 5.69 Å². The number of fused-ring (bicyclic) bond motifs is 1. The topological polar surface area (TPSA) is 83.5 Å². The van der Waals surface area contributed by atoms with E-state index in [4.69, 9.17) is 4.55 Å². The van der Waals surface area contributed by atoms with Gasteiger partial charge in [0, 0.05) is 5.69 Å². The molecule has 1 aliphatic rings. The molecular formula is C18H19NO4S. The van der Waals surface area contributed by atoms with Gasteiger partial charge in [-0.25, -0.2) is 0 Å². The molecule has 0 fully saturated rings. The van der Waals surface area contributed by atoms with Crippen LogP contribution in [0.3, 0.4) is 0 Å². The zero-order chi connectivity index (χ0) is 17.8. The fraction of sp³-hybridized carbons (Fsp3) is 0.167. The summed E-state index contributed by atoms with van der Waals surface area (Å²) in [6.07, 6.45) is 4.67. The molecule has 0 amide bonds. The summed E-state index contributed by atoms with van der Waals surface area (Å²) < 4.78 is 29.6. The van der Waals surface area contributed by atoms with Crippen LogP contribution in [0, 0.1) is 6.92 Å². The molecule has 1 atom stereocenters. The third-order valence-corrected chi connectivity index (χ3v) is 4.61. The standard InChI is InChI=1S/C11H11NO.C7H8O3S/c1-11(8-13)6-7-12-10-5-3-2-4-9(10)11;1-6-2-4-7(5-3-6)11(8,9)10/h2-8,12H,1H3;2-5H,1H3,(H,8,9,10). The molecule has 1 heterocycles. The van der Waals surface area contributed by atoms with E-state index in [-0.39, 0.29) is 4.90 Å². The van der Waals surface area contributed by atoms with E-state index >= 15 is 0 Å². The Labute approximate surface area is 141 Å². The Bertz CT molecular complexity index is 857. The molecule has 0 spiro atoms. The number of hydrogen-bond donors (Lipinski definition) is 2. The molecule has 0 aliphatic carbocycles. The fourth-order valence-corrected chi connectivity index (χ4v) is 2.77. The van der Waals surface area contributed by atoms with E-state index in [0.717, 1.165) is 23.1 Å². The third kappa shape index (κ3) is 4.10. The van der Waals surface area contributed by atoms with Gasteiger partial charge in [-0.1, -0.05) is 42.0 Å². The molecule has 126 valence electrons. The lowest BCUT2D eigenvalue weighted by Gasteiger charge is -2.26. The Morgan fingerprint density at radius 2 is 1.71 bits per heavy atom. The van der Waals surface area contributed by atoms with Crippen molar-refractivity contribution in [1.82, 2.24) is 0 Å². The van der Waals surface area contributed by atoms with Gasteiger partial charge >= 0.3 is 0 Å². The first-order valence-electron chi connectivity index (χ1n) is 7.30. The van der Waals surface area contributed by atoms with E-state index in [1.807, 2.05) is 50.4 Å². The number of para-hydroxylation sites is 1. The van der Waals surface area contributed by atoms with Crippen molar-refractivity contribution in [3.63, 3.8) is 0 Å². The number of hydrogen-bond acceptors (Lipinski definition) is 4. The molecule has 1 unspecified atom stereocenters. The normalized spacial score (nSPS) is 18.6. The Morgan fingerprint density at radius 3 is 2.29 bits per heavy atom. The number of allylic oxidation sites excluding steroid dienone is 1. The van der Waals surface area contributed by atoms with E-state index in [1.54, 1.807) is 12.1 Å². The van der Waals surface area contributed by atoms with Crippen molar-refractivity contribution in [1.29, 1.82) is 0 Å². The fourth-order valence-electron chi connectivity index (χ4n) is 2.29. The summed E-state index contributed by atoms with van der Waals surface area (Å²) in [5.74, 6) is 0. The van der Waals surface area contributed by atoms with E-state index in [0.29, 0.717) is 0 Å². The highest BCUT2D eigenvalue weighted by Crippen LogP contribution is 2.32. The molecule has 2 N–H and O–H groups in total. The van der Waals surface area contributed by atoms with E-state index in [9.17, 15) is 13.2 Å². The highest BCUT2D eigenvalue weighted by molar-refractivity contribution is 7.85. The molecule has 0 bridgehead atoms. The van der Waals surface area contributed by atoms with Gasteiger partial charge in [-0.15, -0.1) is 0 Å². The largest absolute Gasteiger partial charge is 0.362 e. The van der Waals surface area contributed by atoms with Crippen LogP contribution < -0.4 is 5.32 Å². The molecule has 5 nitrogen and oxygen atoms in total. The van der Waals surface area contributed by atoms with Gasteiger partial charge in [0.15, 0.2) is 0 Å². The molecule has 2 aromatic rings. The van der Waals surface area contributed by atoms with Crippen LogP contribution in [0.15, 0.2) is 65.7 Å². The summed E-state index contributed by atoms with van der Waals surface area (Å²) in [6.45, 7) is 3.75. The Kier molecular flexibility index (Phi) is 5.21. The second-order valence-electron chi connectivity index (χ2n) is 5.71. The van der Waals surface area contributed by atoms with Crippen LogP contribution in [0.1, 0.15) is 18.1 Å². The minimum Gasteiger partial charge on any atom is -0.362 e. The van der Waals surface area contributed by atoms with Crippen LogP contribution in [0.25, 0.3) is 0 Å². The van der Waals surface area contributed by atoms with Crippen molar-refractivity contribution in [2.24, 2.45) is 0 Å². The number of carbonyl (C=O) groups is 1. The van der Waals surface area contributed by atoms with Gasteiger partial charge in [0.25, 0.3) is 10.1 Å². The van der Waals surface area contributed by atoms with Crippen molar-refractivity contribution < 1.29 is 17.8 Å². The molecule has 0 aromatic heterocycles. The van der Waals surface area contributed by atoms with Crippen LogP contribution >= 0.6 is 0 Å². The lowest BCUT2D eigenvalue weighted by molar-refractivity contribution is -0.110. The maximum atomic E-state index is 11.0. The zero-order valence-corrected chi connectivity index (χ0v) is 14.2. The number of nitrogens with one attached hydrogen (secondary N) is 1. The molecule has 0 saturated heterocycles. The second-order valence-corrected chi connectivity index (χ2v) is 7.13. The first-order chi connectivity index (χ1) is 11.3. The van der Waals surface area contributed by atoms with E-state index in [2.05, 4.69) is 5.32 Å². The van der Waals surface area contributed by atoms with Crippen LogP contribution in [-0.4, -0.2) is 19.3 Å². The Morgan fingerprint density at radius 1 is 1.08 bits per heavy atom. The molecule has 3 rings (SSSR count). The lowest BCUT2D eigenvalue weighted by atomic mass is 9.81. The summed E-state index contributed by atoms with van der Waals surface area (Å²) >= 11 is 0. The van der Waals surface area contributed by atoms with Gasteiger partial charge in [-0.3, -0.25) is 4.55 Å². The van der Waals surface area contributed by atoms with Gasteiger partial charge in [-0.2, -0.15) is 8.42 Å². The van der Waals surface area contributed by atoms with E-state index < -0.39 is 15.5 Å². The van der Waals surface area contributed by atoms with Gasteiger partial charge < -0.3 is 10.1 Å². The van der Waals surface area contributed by atoms with Crippen molar-refractivity contribution in [2.45, 2.75) is 24.2 Å². The first kappa shape index (κ1) is 17.9. The number of rotatable bonds is 2. The number of carbonyl (C=O) groups excluding carboxylic acids is 1. The molecular weight excluding hydrogens is 326 g/mol. The Balaban J connectivity index is 0.000000177. The van der Waals surface area contributed by atoms with Crippen molar-refractivity contribution in [3.05, 3.63) is 71.9 Å². The van der Waals surface area contributed by atoms with Crippen molar-refractivity contribution >= 4 is 22.1 Å². The summed E-state index contributed by atoms with van der Waals surface area (Å²) in [4.78, 5) is 10.9. The second kappa shape index (κ2) is 6.98. The average Bonchev–Trinajstić information content (AvgIpc) is 2.55. The van der Waals surface area contributed by atoms with Gasteiger partial charge in [0.1, 0.15) is 6.29 Å². The SMILES string of the molecule is CC1(C=O)C=CNc2ccccc21.Cc1ccc(S(=O)(=O)O)cc1. The van der Waals surface area contributed by atoms with Gasteiger partial charge in [-0.05, 0) is 43.8 Å². The molecule has 2 aromatic carbocycles. The van der Waals surface area contributed by atoms with E-state index in [1.165, 1.54) is 12.1 Å². The quantitative estimate of drug-likeness (QED) is 0.644. The summed E-state index contributed by atoms with van der Waals surface area (Å²) in [6, 6.07) is 13.8. The molecule has 1 aliphatic heterocycles. The number of aldehydes is 1. The molecule has 0 radical (unpaired) electrons. The average molecular weight is 345 g/mol. The summed E-state index contributed by atoms with van der Waals surface area (Å²) in [7, 11) is -4.02. The van der Waals surface area contributed by atoms with Crippen LogP contribution in [0.2, 0.25) is 0 Å². The van der Waals surface area contributed by atoms with Gasteiger partial charge in [0.05, 0.1) is 10.3 Å². The van der Waals surface area contributed by atoms with Gasteiger partial charge in [0.2, 0.25) is 0 Å². The number of aryl methyl sites for hydroxylation is 1. The minimum atomic E-state index is -4.02. The van der Waals surface area contributed by atoms with Crippen LogP contribution in [0.5, 0.6) is 0 Å². The Hall–Kier alpha value is -2.44. The minimum absolute atomic E-state index is 0.0666. The maximum absolute atomic E-state index is 11.0. The predicted molar refractivity (Wildman–Crippen MR) is 93.6 cm³/mol. The molecule has 0 saturated carbocycles. The molecule has 6 heteroatoms. The lowest BCUT2D eigenvalue weighted by Crippen LogP contribution is -2.25. The number of benzene rings is 2. The van der Waals surface area contributed by atoms with Crippen molar-refractivity contribution in [2.75, 3.05) is 5.32 Å². The smallest absolute Gasteiger partial charge is 0.294 e. The maximum Gasteiger partial charge on any atom is 0.294 e.